The summed E-state index contributed by atoms with van der Waals surface area (Å²) >= 11 is 5.97. The van der Waals surface area contributed by atoms with Crippen LogP contribution >= 0.6 is 11.6 Å². The minimum absolute atomic E-state index is 0.0391. The van der Waals surface area contributed by atoms with Gasteiger partial charge < -0.3 is 15.2 Å². The number of fused-ring (bicyclic) bond motifs is 1. The Labute approximate surface area is 139 Å². The van der Waals surface area contributed by atoms with Gasteiger partial charge in [-0.1, -0.05) is 23.7 Å². The van der Waals surface area contributed by atoms with Gasteiger partial charge in [-0.05, 0) is 31.0 Å². The highest BCUT2D eigenvalue weighted by Crippen LogP contribution is 2.29. The predicted molar refractivity (Wildman–Crippen MR) is 88.7 cm³/mol. The maximum Gasteiger partial charge on any atom is 0.269 e. The molecule has 5 nitrogen and oxygen atoms in total. The number of aliphatic hydroxyl groups excluding tert-OH is 1. The molecule has 1 aliphatic rings. The number of halogens is 1. The summed E-state index contributed by atoms with van der Waals surface area (Å²) in [6.45, 7) is 1.69. The third kappa shape index (κ3) is 3.63. The molecule has 0 aliphatic carbocycles. The topological polar surface area (TPSA) is 71.5 Å². The minimum atomic E-state index is -0.298. The van der Waals surface area contributed by atoms with Crippen molar-refractivity contribution < 1.29 is 14.6 Å². The van der Waals surface area contributed by atoms with Gasteiger partial charge in [0.25, 0.3) is 5.91 Å². The summed E-state index contributed by atoms with van der Waals surface area (Å²) in [5, 5.41) is 14.1. The Morgan fingerprint density at radius 1 is 1.30 bits per heavy atom. The molecule has 0 radical (unpaired) electrons. The number of pyridine rings is 1. The van der Waals surface area contributed by atoms with E-state index in [0.29, 0.717) is 36.0 Å². The number of aliphatic hydroxyl groups is 1. The average molecular weight is 335 g/mol. The van der Waals surface area contributed by atoms with Crippen LogP contribution < -0.4 is 5.32 Å². The first-order valence-corrected chi connectivity index (χ1v) is 8.03. The van der Waals surface area contributed by atoms with Crippen LogP contribution in [0.25, 0.3) is 10.9 Å². The Hall–Kier alpha value is -1.69. The van der Waals surface area contributed by atoms with Gasteiger partial charge in [0.1, 0.15) is 5.69 Å². The monoisotopic (exact) mass is 334 g/mol. The summed E-state index contributed by atoms with van der Waals surface area (Å²) < 4.78 is 5.33. The molecule has 3 rings (SSSR count). The fourth-order valence-electron chi connectivity index (χ4n) is 2.77. The van der Waals surface area contributed by atoms with E-state index in [1.165, 1.54) is 0 Å². The van der Waals surface area contributed by atoms with Crippen LogP contribution in [0.3, 0.4) is 0 Å². The molecule has 1 amide bonds. The van der Waals surface area contributed by atoms with Crippen LogP contribution in [0.15, 0.2) is 30.3 Å². The molecular weight excluding hydrogens is 316 g/mol. The van der Waals surface area contributed by atoms with Crippen LogP contribution in [0.2, 0.25) is 5.02 Å². The first-order valence-electron chi connectivity index (χ1n) is 7.65. The molecule has 122 valence electrons. The molecule has 0 saturated carbocycles. The van der Waals surface area contributed by atoms with Crippen molar-refractivity contribution in [2.45, 2.75) is 12.8 Å². The molecule has 2 heterocycles. The number of hydrogen-bond acceptors (Lipinski definition) is 4. The molecule has 1 saturated heterocycles. The number of amides is 1. The Balaban J connectivity index is 1.72. The fourth-order valence-corrected chi connectivity index (χ4v) is 2.94. The van der Waals surface area contributed by atoms with Gasteiger partial charge >= 0.3 is 0 Å². The molecule has 6 heteroatoms. The highest BCUT2D eigenvalue weighted by molar-refractivity contribution is 6.31. The van der Waals surface area contributed by atoms with E-state index in [1.54, 1.807) is 18.2 Å². The number of carbonyl (C=O) groups is 1. The number of nitrogens with zero attached hydrogens (tertiary/aromatic N) is 1. The molecule has 1 aromatic heterocycles. The Morgan fingerprint density at radius 2 is 2.04 bits per heavy atom. The molecule has 1 aliphatic heterocycles. The Morgan fingerprint density at radius 3 is 2.78 bits per heavy atom. The molecule has 1 fully saturated rings. The van der Waals surface area contributed by atoms with E-state index in [1.807, 2.05) is 12.1 Å². The van der Waals surface area contributed by atoms with Crippen molar-refractivity contribution in [3.63, 3.8) is 0 Å². The zero-order valence-electron chi connectivity index (χ0n) is 12.7. The zero-order valence-corrected chi connectivity index (χ0v) is 13.5. The largest absolute Gasteiger partial charge is 0.396 e. The molecule has 0 unspecified atom stereocenters. The summed E-state index contributed by atoms with van der Waals surface area (Å²) in [6, 6.07) is 8.95. The van der Waals surface area contributed by atoms with Crippen LogP contribution in [-0.2, 0) is 4.74 Å². The van der Waals surface area contributed by atoms with E-state index in [4.69, 9.17) is 16.3 Å². The molecule has 1 aromatic carbocycles. The van der Waals surface area contributed by atoms with E-state index >= 15 is 0 Å². The molecule has 2 aromatic rings. The Kier molecular flexibility index (Phi) is 4.80. The summed E-state index contributed by atoms with van der Waals surface area (Å²) in [5.74, 6) is -0.244. The normalized spacial score (nSPS) is 17.1. The van der Waals surface area contributed by atoms with Crippen LogP contribution in [0, 0.1) is 5.41 Å². The SMILES string of the molecule is O=C(NCC1(CO)CCOCC1)c1ccc2ccc(Cl)cc2n1. The standard InChI is InChI=1S/C17H19ClN2O3/c18-13-3-1-12-2-4-14(20-15(12)9-13)16(22)19-10-17(11-21)5-7-23-8-6-17/h1-4,9,21H,5-8,10-11H2,(H,19,22). The summed E-state index contributed by atoms with van der Waals surface area (Å²) in [7, 11) is 0. The zero-order chi connectivity index (χ0) is 16.3. The second-order valence-corrected chi connectivity index (χ2v) is 6.42. The van der Waals surface area contributed by atoms with Crippen LogP contribution in [0.1, 0.15) is 23.3 Å². The lowest BCUT2D eigenvalue weighted by Gasteiger charge is -2.35. The fraction of sp³-hybridized carbons (Fsp3) is 0.412. The molecule has 2 N–H and O–H groups in total. The van der Waals surface area contributed by atoms with Gasteiger partial charge in [0, 0.05) is 35.6 Å². The lowest BCUT2D eigenvalue weighted by Crippen LogP contribution is -2.43. The van der Waals surface area contributed by atoms with E-state index in [-0.39, 0.29) is 17.9 Å². The van der Waals surface area contributed by atoms with E-state index in [2.05, 4.69) is 10.3 Å². The Bertz CT molecular complexity index is 714. The van der Waals surface area contributed by atoms with Crippen molar-refractivity contribution >= 4 is 28.4 Å². The first-order chi connectivity index (χ1) is 11.1. The maximum absolute atomic E-state index is 12.4. The minimum Gasteiger partial charge on any atom is -0.396 e. The number of carbonyl (C=O) groups excluding carboxylic acids is 1. The van der Waals surface area contributed by atoms with Crippen molar-refractivity contribution in [2.24, 2.45) is 5.41 Å². The van der Waals surface area contributed by atoms with Gasteiger partial charge in [0.2, 0.25) is 0 Å². The van der Waals surface area contributed by atoms with Crippen LogP contribution in [-0.4, -0.2) is 42.4 Å². The van der Waals surface area contributed by atoms with Gasteiger partial charge in [-0.25, -0.2) is 4.98 Å². The lowest BCUT2D eigenvalue weighted by molar-refractivity contribution is -0.0146. The van der Waals surface area contributed by atoms with E-state index in [0.717, 1.165) is 18.2 Å². The third-order valence-electron chi connectivity index (χ3n) is 4.40. The number of nitrogens with one attached hydrogen (secondary N) is 1. The highest BCUT2D eigenvalue weighted by atomic mass is 35.5. The number of ether oxygens (including phenoxy) is 1. The van der Waals surface area contributed by atoms with E-state index in [9.17, 15) is 9.90 Å². The lowest BCUT2D eigenvalue weighted by atomic mass is 9.81. The molecule has 0 bridgehead atoms. The second-order valence-electron chi connectivity index (χ2n) is 5.99. The quantitative estimate of drug-likeness (QED) is 0.900. The molecular formula is C17H19ClN2O3. The average Bonchev–Trinajstić information content (AvgIpc) is 2.59. The van der Waals surface area contributed by atoms with Crippen molar-refractivity contribution in [3.8, 4) is 0 Å². The van der Waals surface area contributed by atoms with Crippen molar-refractivity contribution in [3.05, 3.63) is 41.0 Å². The van der Waals surface area contributed by atoms with Crippen LogP contribution in [0.4, 0.5) is 0 Å². The smallest absolute Gasteiger partial charge is 0.269 e. The van der Waals surface area contributed by atoms with Gasteiger partial charge in [0.15, 0.2) is 0 Å². The number of aromatic nitrogens is 1. The van der Waals surface area contributed by atoms with Gasteiger partial charge in [0.05, 0.1) is 12.1 Å². The van der Waals surface area contributed by atoms with Crippen LogP contribution in [0.5, 0.6) is 0 Å². The number of hydrogen-bond donors (Lipinski definition) is 2. The summed E-state index contributed by atoms with van der Waals surface area (Å²) in [4.78, 5) is 16.7. The number of rotatable bonds is 4. The predicted octanol–water partition coefficient (Wildman–Crippen LogP) is 2.41. The third-order valence-corrected chi connectivity index (χ3v) is 4.63. The van der Waals surface area contributed by atoms with Crippen molar-refractivity contribution in [2.75, 3.05) is 26.4 Å². The number of benzene rings is 1. The highest BCUT2D eigenvalue weighted by Gasteiger charge is 2.32. The second kappa shape index (κ2) is 6.83. The summed E-state index contributed by atoms with van der Waals surface area (Å²) in [6.07, 6.45) is 1.48. The maximum atomic E-state index is 12.4. The van der Waals surface area contributed by atoms with Gasteiger partial charge in [-0.3, -0.25) is 4.79 Å². The van der Waals surface area contributed by atoms with Gasteiger partial charge in [-0.2, -0.15) is 0 Å². The molecule has 0 spiro atoms. The first kappa shape index (κ1) is 16.2. The molecule has 23 heavy (non-hydrogen) atoms. The van der Waals surface area contributed by atoms with Crippen molar-refractivity contribution in [1.82, 2.24) is 10.3 Å². The van der Waals surface area contributed by atoms with E-state index < -0.39 is 0 Å². The molecule has 0 atom stereocenters. The summed E-state index contributed by atoms with van der Waals surface area (Å²) in [5.41, 5.74) is 0.738. The van der Waals surface area contributed by atoms with Gasteiger partial charge in [-0.15, -0.1) is 0 Å². The van der Waals surface area contributed by atoms with Crippen molar-refractivity contribution in [1.29, 1.82) is 0 Å².